The molecule has 1 aromatic heterocycles. The van der Waals surface area contributed by atoms with E-state index in [1.807, 2.05) is 12.1 Å². The number of hydrogen-bond donors (Lipinski definition) is 2. The van der Waals surface area contributed by atoms with E-state index in [9.17, 15) is 22.0 Å². The van der Waals surface area contributed by atoms with Crippen LogP contribution in [0.4, 0.5) is 14.5 Å². The first-order valence-corrected chi connectivity index (χ1v) is 9.93. The number of para-hydroxylation sites is 1. The molecule has 2 aromatic carbocycles. The minimum Gasteiger partial charge on any atom is -0.324 e. The molecule has 0 spiro atoms. The Kier molecular flexibility index (Phi) is 5.96. The smallest absolute Gasteiger partial charge is 0.243 e. The number of halogens is 2. The Hall–Kier alpha value is -2.91. The molecule has 28 heavy (non-hydrogen) atoms. The van der Waals surface area contributed by atoms with Crippen molar-refractivity contribution in [1.82, 2.24) is 9.71 Å². The summed E-state index contributed by atoms with van der Waals surface area (Å²) in [5, 5.41) is 3.63. The summed E-state index contributed by atoms with van der Waals surface area (Å²) in [6.45, 7) is -0.0691. The van der Waals surface area contributed by atoms with Crippen molar-refractivity contribution in [2.75, 3.05) is 11.9 Å². The van der Waals surface area contributed by atoms with E-state index in [0.29, 0.717) is 17.3 Å². The van der Waals surface area contributed by atoms with Crippen molar-refractivity contribution in [3.05, 3.63) is 66.4 Å². The van der Waals surface area contributed by atoms with Gasteiger partial charge in [-0.25, -0.2) is 21.9 Å². The summed E-state index contributed by atoms with van der Waals surface area (Å²) in [7, 11) is -4.13. The first-order valence-electron chi connectivity index (χ1n) is 8.45. The van der Waals surface area contributed by atoms with Gasteiger partial charge in [-0.1, -0.05) is 18.2 Å². The van der Waals surface area contributed by atoms with E-state index in [1.54, 1.807) is 24.4 Å². The molecule has 3 aromatic rings. The summed E-state index contributed by atoms with van der Waals surface area (Å²) in [5.41, 5.74) is 1.22. The van der Waals surface area contributed by atoms with E-state index < -0.39 is 26.6 Å². The van der Waals surface area contributed by atoms with Gasteiger partial charge in [0.05, 0.1) is 11.2 Å². The highest BCUT2D eigenvalue weighted by atomic mass is 32.2. The van der Waals surface area contributed by atoms with Crippen molar-refractivity contribution < 1.29 is 22.0 Å². The summed E-state index contributed by atoms with van der Waals surface area (Å²) in [4.78, 5) is 15.7. The van der Waals surface area contributed by atoms with Crippen molar-refractivity contribution >= 4 is 32.5 Å². The van der Waals surface area contributed by atoms with Crippen LogP contribution in [0.2, 0.25) is 0 Å². The summed E-state index contributed by atoms with van der Waals surface area (Å²) in [6, 6.07) is 11.3. The zero-order valence-electron chi connectivity index (χ0n) is 14.7. The largest absolute Gasteiger partial charge is 0.324 e. The summed E-state index contributed by atoms with van der Waals surface area (Å²) in [6.07, 6.45) is 1.88. The quantitative estimate of drug-likeness (QED) is 0.591. The molecule has 0 unspecified atom stereocenters. The Morgan fingerprint density at radius 2 is 1.86 bits per heavy atom. The number of nitrogens with zero attached hydrogens (tertiary/aromatic N) is 1. The Bertz CT molecular complexity index is 1120. The summed E-state index contributed by atoms with van der Waals surface area (Å²) >= 11 is 0. The van der Waals surface area contributed by atoms with Crippen LogP contribution < -0.4 is 10.0 Å². The lowest BCUT2D eigenvalue weighted by Crippen LogP contribution is -2.26. The van der Waals surface area contributed by atoms with Crippen molar-refractivity contribution in [1.29, 1.82) is 0 Å². The first-order chi connectivity index (χ1) is 13.4. The zero-order valence-corrected chi connectivity index (χ0v) is 15.5. The van der Waals surface area contributed by atoms with E-state index in [4.69, 9.17) is 0 Å². The van der Waals surface area contributed by atoms with E-state index in [1.165, 1.54) is 0 Å². The third-order valence-electron chi connectivity index (χ3n) is 3.96. The van der Waals surface area contributed by atoms with Crippen molar-refractivity contribution in [2.24, 2.45) is 0 Å². The Labute approximate surface area is 160 Å². The van der Waals surface area contributed by atoms with E-state index in [2.05, 4.69) is 15.0 Å². The number of carbonyl (C=O) groups is 1. The van der Waals surface area contributed by atoms with Crippen LogP contribution in [-0.4, -0.2) is 25.9 Å². The Morgan fingerprint density at radius 1 is 1.07 bits per heavy atom. The summed E-state index contributed by atoms with van der Waals surface area (Å²) < 4.78 is 52.9. The van der Waals surface area contributed by atoms with Crippen LogP contribution in [0, 0.1) is 11.6 Å². The van der Waals surface area contributed by atoms with Crippen molar-refractivity contribution in [2.45, 2.75) is 17.7 Å². The number of pyridine rings is 1. The topological polar surface area (TPSA) is 88.2 Å². The second-order valence-corrected chi connectivity index (χ2v) is 7.74. The van der Waals surface area contributed by atoms with Gasteiger partial charge in [0.2, 0.25) is 15.9 Å². The molecule has 0 aliphatic heterocycles. The lowest BCUT2D eigenvalue weighted by Gasteiger charge is -2.09. The second kappa shape index (κ2) is 8.41. The number of aromatic nitrogens is 1. The van der Waals surface area contributed by atoms with Gasteiger partial charge in [0, 0.05) is 30.6 Å². The second-order valence-electron chi connectivity index (χ2n) is 6.00. The van der Waals surface area contributed by atoms with Gasteiger partial charge < -0.3 is 5.32 Å². The van der Waals surface area contributed by atoms with Gasteiger partial charge in [0.1, 0.15) is 16.5 Å². The molecule has 1 heterocycles. The van der Waals surface area contributed by atoms with Gasteiger partial charge in [0.25, 0.3) is 0 Å². The van der Waals surface area contributed by atoms with E-state index in [-0.39, 0.29) is 25.3 Å². The number of hydrogen-bond acceptors (Lipinski definition) is 4. The van der Waals surface area contributed by atoms with Crippen LogP contribution >= 0.6 is 0 Å². The van der Waals surface area contributed by atoms with Gasteiger partial charge in [-0.3, -0.25) is 9.78 Å². The normalized spacial score (nSPS) is 11.5. The maximum atomic E-state index is 13.6. The Balaban J connectivity index is 1.54. The Morgan fingerprint density at radius 3 is 2.64 bits per heavy atom. The van der Waals surface area contributed by atoms with E-state index >= 15 is 0 Å². The van der Waals surface area contributed by atoms with Crippen LogP contribution in [-0.2, 0) is 14.8 Å². The van der Waals surface area contributed by atoms with Gasteiger partial charge in [-0.05, 0) is 30.7 Å². The van der Waals surface area contributed by atoms with Crippen LogP contribution in [0.1, 0.15) is 12.8 Å². The van der Waals surface area contributed by atoms with Gasteiger partial charge in [-0.15, -0.1) is 0 Å². The number of nitrogens with one attached hydrogen (secondary N) is 2. The highest BCUT2D eigenvalue weighted by Crippen LogP contribution is 2.21. The molecule has 0 aliphatic rings. The molecule has 2 N–H and O–H groups in total. The monoisotopic (exact) mass is 405 g/mol. The van der Waals surface area contributed by atoms with Gasteiger partial charge in [-0.2, -0.15) is 0 Å². The highest BCUT2D eigenvalue weighted by molar-refractivity contribution is 7.89. The summed E-state index contributed by atoms with van der Waals surface area (Å²) in [5.74, 6) is -2.34. The molecule has 0 aliphatic carbocycles. The molecule has 3 rings (SSSR count). The number of fused-ring (bicyclic) bond motifs is 1. The standard InChI is InChI=1S/C19H17F2N3O3S/c20-14-8-9-17(15(21)12-14)28(26,27)23-11-3-7-18(25)24-16-6-1-4-13-5-2-10-22-19(13)16/h1-2,4-6,8-10,12,23H,3,7,11H2,(H,24,25). The van der Waals surface area contributed by atoms with Gasteiger partial charge in [0.15, 0.2) is 0 Å². The third-order valence-corrected chi connectivity index (χ3v) is 5.46. The number of anilines is 1. The predicted octanol–water partition coefficient (Wildman–Crippen LogP) is 3.21. The maximum Gasteiger partial charge on any atom is 0.243 e. The van der Waals surface area contributed by atoms with Crippen LogP contribution in [0.3, 0.4) is 0 Å². The molecule has 0 radical (unpaired) electrons. The first kappa shape index (κ1) is 19.8. The molecule has 6 nitrogen and oxygen atoms in total. The number of sulfonamides is 1. The van der Waals surface area contributed by atoms with Crippen LogP contribution in [0.15, 0.2) is 59.6 Å². The molecule has 1 amide bonds. The number of amides is 1. The molecule has 0 atom stereocenters. The zero-order chi connectivity index (χ0) is 20.1. The molecule has 0 bridgehead atoms. The third kappa shape index (κ3) is 4.68. The molecule has 0 fully saturated rings. The number of benzene rings is 2. The minimum absolute atomic E-state index is 0.0532. The lowest BCUT2D eigenvalue weighted by atomic mass is 10.2. The predicted molar refractivity (Wildman–Crippen MR) is 101 cm³/mol. The molecule has 146 valence electrons. The number of rotatable bonds is 7. The molecular weight excluding hydrogens is 388 g/mol. The molecular formula is C19H17F2N3O3S. The van der Waals surface area contributed by atoms with Crippen LogP contribution in [0.25, 0.3) is 10.9 Å². The fraction of sp³-hybridized carbons (Fsp3) is 0.158. The molecule has 9 heteroatoms. The molecule has 0 saturated heterocycles. The highest BCUT2D eigenvalue weighted by Gasteiger charge is 2.19. The SMILES string of the molecule is O=C(CCCNS(=O)(=O)c1ccc(F)cc1F)Nc1cccc2cccnc12. The van der Waals surface area contributed by atoms with E-state index in [0.717, 1.165) is 17.5 Å². The number of carbonyl (C=O) groups excluding carboxylic acids is 1. The van der Waals surface area contributed by atoms with Crippen LogP contribution in [0.5, 0.6) is 0 Å². The van der Waals surface area contributed by atoms with Crippen molar-refractivity contribution in [3.8, 4) is 0 Å². The fourth-order valence-corrected chi connectivity index (χ4v) is 3.78. The minimum atomic E-state index is -4.13. The average Bonchev–Trinajstić information content (AvgIpc) is 2.65. The van der Waals surface area contributed by atoms with Crippen molar-refractivity contribution in [3.63, 3.8) is 0 Å². The lowest BCUT2D eigenvalue weighted by molar-refractivity contribution is -0.116. The van der Waals surface area contributed by atoms with Gasteiger partial charge >= 0.3 is 0 Å². The molecule has 0 saturated carbocycles. The fourth-order valence-electron chi connectivity index (χ4n) is 2.64. The average molecular weight is 405 g/mol. The maximum absolute atomic E-state index is 13.6.